The maximum Gasteiger partial charge on any atom is 0.240 e. The predicted octanol–water partition coefficient (Wildman–Crippen LogP) is 2.76. The van der Waals surface area contributed by atoms with Gasteiger partial charge in [-0.05, 0) is 32.0 Å². The summed E-state index contributed by atoms with van der Waals surface area (Å²) in [5.74, 6) is 0.511. The van der Waals surface area contributed by atoms with Crippen molar-refractivity contribution in [2.24, 2.45) is 11.1 Å². The second-order valence-corrected chi connectivity index (χ2v) is 7.37. The summed E-state index contributed by atoms with van der Waals surface area (Å²) in [6.07, 6.45) is 0.351. The highest BCUT2D eigenvalue weighted by atomic mass is 35.5. The minimum Gasteiger partial charge on any atom is -0.489 e. The molecule has 1 amide bonds. The molecule has 1 fully saturated rings. The number of rotatable bonds is 7. The smallest absolute Gasteiger partial charge is 0.240 e. The van der Waals surface area contributed by atoms with Gasteiger partial charge in [0.2, 0.25) is 5.91 Å². The molecule has 3 atom stereocenters. The number of nitrogens with one attached hydrogen (secondary N) is 1. The first-order valence-corrected chi connectivity index (χ1v) is 8.69. The summed E-state index contributed by atoms with van der Waals surface area (Å²) in [7, 11) is 0. The average Bonchev–Trinajstić information content (AvgIpc) is 2.52. The zero-order valence-electron chi connectivity index (χ0n) is 14.8. The van der Waals surface area contributed by atoms with Crippen LogP contribution in [0.2, 0.25) is 5.02 Å². The Kier molecular flexibility index (Phi) is 5.78. The van der Waals surface area contributed by atoms with Crippen LogP contribution < -0.4 is 15.8 Å². The molecule has 1 aromatic carbocycles. The van der Waals surface area contributed by atoms with Gasteiger partial charge in [0.25, 0.3) is 0 Å². The minimum absolute atomic E-state index is 0.0124. The van der Waals surface area contributed by atoms with E-state index in [0.717, 1.165) is 0 Å². The van der Waals surface area contributed by atoms with Crippen LogP contribution in [-0.2, 0) is 9.53 Å². The molecule has 0 aromatic heterocycles. The molecular weight excluding hydrogens is 328 g/mol. The molecule has 3 N–H and O–H groups in total. The Morgan fingerprint density at radius 3 is 2.79 bits per heavy atom. The Morgan fingerprint density at radius 2 is 2.21 bits per heavy atom. The van der Waals surface area contributed by atoms with Crippen molar-refractivity contribution in [2.45, 2.75) is 51.9 Å². The largest absolute Gasteiger partial charge is 0.489 e. The summed E-state index contributed by atoms with van der Waals surface area (Å²) < 4.78 is 11.4. The van der Waals surface area contributed by atoms with Gasteiger partial charge in [-0.25, -0.2) is 0 Å². The molecule has 0 saturated heterocycles. The molecule has 2 rings (SSSR count). The van der Waals surface area contributed by atoms with Crippen molar-refractivity contribution in [3.63, 3.8) is 0 Å². The molecule has 0 heterocycles. The first-order valence-electron chi connectivity index (χ1n) is 8.31. The molecule has 24 heavy (non-hydrogen) atoms. The van der Waals surface area contributed by atoms with E-state index in [1.807, 2.05) is 39.8 Å². The van der Waals surface area contributed by atoms with Crippen LogP contribution in [0.15, 0.2) is 24.3 Å². The summed E-state index contributed by atoms with van der Waals surface area (Å²) in [5, 5.41) is 3.51. The van der Waals surface area contributed by atoms with Gasteiger partial charge in [-0.1, -0.05) is 31.5 Å². The number of hydrogen-bond acceptors (Lipinski definition) is 4. The van der Waals surface area contributed by atoms with Gasteiger partial charge in [-0.15, -0.1) is 0 Å². The molecule has 0 spiro atoms. The van der Waals surface area contributed by atoms with E-state index in [0.29, 0.717) is 30.3 Å². The standard InChI is InChI=1S/C18H27ClN2O3/c1-5-23-15-10-18(20,17(15,3)4)16(22)21-11-12(2)24-14-8-6-7-13(19)9-14/h6-9,12,15H,5,10-11,20H2,1-4H3,(H,21,22). The first kappa shape index (κ1) is 19.0. The molecule has 5 nitrogen and oxygen atoms in total. The predicted molar refractivity (Wildman–Crippen MR) is 95.3 cm³/mol. The Hall–Kier alpha value is -1.30. The average molecular weight is 355 g/mol. The molecule has 0 bridgehead atoms. The fourth-order valence-electron chi connectivity index (χ4n) is 3.03. The lowest BCUT2D eigenvalue weighted by Crippen LogP contribution is -2.76. The Balaban J connectivity index is 1.87. The van der Waals surface area contributed by atoms with Crippen molar-refractivity contribution in [3.8, 4) is 5.75 Å². The lowest BCUT2D eigenvalue weighted by Gasteiger charge is -2.57. The molecular formula is C18H27ClN2O3. The number of halogens is 1. The molecule has 134 valence electrons. The number of benzene rings is 1. The molecule has 3 unspecified atom stereocenters. The maximum atomic E-state index is 12.6. The highest BCUT2D eigenvalue weighted by molar-refractivity contribution is 6.30. The normalized spacial score (nSPS) is 26.3. The molecule has 1 aromatic rings. The van der Waals surface area contributed by atoms with Gasteiger partial charge in [0, 0.05) is 23.5 Å². The summed E-state index contributed by atoms with van der Waals surface area (Å²) in [6, 6.07) is 7.18. The van der Waals surface area contributed by atoms with Crippen molar-refractivity contribution >= 4 is 17.5 Å². The number of carbonyl (C=O) groups excluding carboxylic acids is 1. The number of amides is 1. The van der Waals surface area contributed by atoms with Crippen LogP contribution in [0, 0.1) is 5.41 Å². The summed E-state index contributed by atoms with van der Waals surface area (Å²) in [5.41, 5.74) is 5.04. The van der Waals surface area contributed by atoms with Crippen molar-refractivity contribution in [1.82, 2.24) is 5.32 Å². The fourth-order valence-corrected chi connectivity index (χ4v) is 3.21. The fraction of sp³-hybridized carbons (Fsp3) is 0.611. The third-order valence-electron chi connectivity index (χ3n) is 4.92. The SMILES string of the molecule is CCOC1CC(N)(C(=O)NCC(C)Oc2cccc(Cl)c2)C1(C)C. The van der Waals surface area contributed by atoms with E-state index in [4.69, 9.17) is 26.8 Å². The van der Waals surface area contributed by atoms with E-state index in [2.05, 4.69) is 5.32 Å². The number of ether oxygens (including phenoxy) is 2. The van der Waals surface area contributed by atoms with Crippen molar-refractivity contribution in [1.29, 1.82) is 0 Å². The van der Waals surface area contributed by atoms with Crippen LogP contribution in [0.4, 0.5) is 0 Å². The topological polar surface area (TPSA) is 73.6 Å². The zero-order chi connectivity index (χ0) is 18.0. The summed E-state index contributed by atoms with van der Waals surface area (Å²) >= 11 is 5.93. The molecule has 6 heteroatoms. The number of carbonyl (C=O) groups is 1. The Labute approximate surface area is 148 Å². The quantitative estimate of drug-likeness (QED) is 0.789. The highest BCUT2D eigenvalue weighted by Gasteiger charge is 2.62. The minimum atomic E-state index is -0.914. The van der Waals surface area contributed by atoms with Crippen LogP contribution in [0.1, 0.15) is 34.1 Å². The van der Waals surface area contributed by atoms with E-state index < -0.39 is 11.0 Å². The molecule has 1 saturated carbocycles. The van der Waals surface area contributed by atoms with Crippen LogP contribution in [0.25, 0.3) is 0 Å². The van der Waals surface area contributed by atoms with Gasteiger partial charge in [-0.2, -0.15) is 0 Å². The van der Waals surface area contributed by atoms with Gasteiger partial charge in [0.05, 0.1) is 12.6 Å². The van der Waals surface area contributed by atoms with Crippen molar-refractivity contribution in [2.75, 3.05) is 13.2 Å². The third-order valence-corrected chi connectivity index (χ3v) is 5.15. The van der Waals surface area contributed by atoms with Gasteiger partial charge >= 0.3 is 0 Å². The van der Waals surface area contributed by atoms with Crippen molar-refractivity contribution in [3.05, 3.63) is 29.3 Å². The van der Waals surface area contributed by atoms with E-state index in [1.54, 1.807) is 12.1 Å². The summed E-state index contributed by atoms with van der Waals surface area (Å²) in [4.78, 5) is 12.6. The van der Waals surface area contributed by atoms with Crippen LogP contribution >= 0.6 is 11.6 Å². The second-order valence-electron chi connectivity index (χ2n) is 6.94. The molecule has 0 aliphatic heterocycles. The molecule has 1 aliphatic rings. The van der Waals surface area contributed by atoms with Gasteiger partial charge in [0.1, 0.15) is 17.4 Å². The molecule has 1 aliphatic carbocycles. The highest BCUT2D eigenvalue weighted by Crippen LogP contribution is 2.49. The van der Waals surface area contributed by atoms with Gasteiger partial charge in [-0.3, -0.25) is 4.79 Å². The lowest BCUT2D eigenvalue weighted by molar-refractivity contribution is -0.170. The third kappa shape index (κ3) is 3.68. The first-order chi connectivity index (χ1) is 11.2. The second kappa shape index (κ2) is 7.30. The van der Waals surface area contributed by atoms with Crippen LogP contribution in [-0.4, -0.2) is 36.8 Å². The Bertz CT molecular complexity index is 593. The van der Waals surface area contributed by atoms with Crippen LogP contribution in [0.3, 0.4) is 0 Å². The van der Waals surface area contributed by atoms with E-state index in [1.165, 1.54) is 0 Å². The molecule has 0 radical (unpaired) electrons. The van der Waals surface area contributed by atoms with Gasteiger partial charge < -0.3 is 20.5 Å². The Morgan fingerprint density at radius 1 is 1.50 bits per heavy atom. The lowest BCUT2D eigenvalue weighted by atomic mass is 9.54. The van der Waals surface area contributed by atoms with E-state index >= 15 is 0 Å². The number of hydrogen-bond donors (Lipinski definition) is 2. The van der Waals surface area contributed by atoms with Gasteiger partial charge in [0.15, 0.2) is 0 Å². The van der Waals surface area contributed by atoms with E-state index in [9.17, 15) is 4.79 Å². The number of nitrogens with two attached hydrogens (primary N) is 1. The monoisotopic (exact) mass is 354 g/mol. The zero-order valence-corrected chi connectivity index (χ0v) is 15.5. The van der Waals surface area contributed by atoms with E-state index in [-0.39, 0.29) is 18.1 Å². The van der Waals surface area contributed by atoms with Crippen LogP contribution in [0.5, 0.6) is 5.75 Å². The summed E-state index contributed by atoms with van der Waals surface area (Å²) in [6.45, 7) is 8.78. The maximum absolute atomic E-state index is 12.6. The van der Waals surface area contributed by atoms with Crippen molar-refractivity contribution < 1.29 is 14.3 Å².